The summed E-state index contributed by atoms with van der Waals surface area (Å²) in [5.41, 5.74) is 3.95. The van der Waals surface area contributed by atoms with Crippen molar-refractivity contribution in [2.75, 3.05) is 4.72 Å². The minimum absolute atomic E-state index is 0.0394. The zero-order valence-electron chi connectivity index (χ0n) is 21.5. The van der Waals surface area contributed by atoms with Crippen LogP contribution in [0.2, 0.25) is 0 Å². The number of benzene rings is 3. The lowest BCUT2D eigenvalue weighted by molar-refractivity contribution is 0.210. The number of fused-ring (bicyclic) bond motifs is 5. The lowest BCUT2D eigenvalue weighted by Crippen LogP contribution is -2.26. The van der Waals surface area contributed by atoms with Crippen molar-refractivity contribution in [2.45, 2.75) is 71.1 Å². The second kappa shape index (κ2) is 8.12. The fraction of sp³-hybridized carbons (Fsp3) is 0.400. The first-order chi connectivity index (χ1) is 16.3. The van der Waals surface area contributed by atoms with Crippen molar-refractivity contribution in [3.8, 4) is 0 Å². The van der Waals surface area contributed by atoms with E-state index in [-0.39, 0.29) is 15.7 Å². The average Bonchev–Trinajstić information content (AvgIpc) is 3.16. The summed E-state index contributed by atoms with van der Waals surface area (Å²) in [7, 11) is -3.75. The largest absolute Gasteiger partial charge is 0.460 e. The van der Waals surface area contributed by atoms with E-state index >= 15 is 0 Å². The van der Waals surface area contributed by atoms with Gasteiger partial charge in [-0.3, -0.25) is 4.72 Å². The van der Waals surface area contributed by atoms with Gasteiger partial charge in [0.05, 0.1) is 10.6 Å². The van der Waals surface area contributed by atoms with Crippen molar-refractivity contribution in [1.82, 2.24) is 0 Å². The van der Waals surface area contributed by atoms with E-state index in [2.05, 4.69) is 46.3 Å². The van der Waals surface area contributed by atoms with Crippen LogP contribution >= 0.6 is 0 Å². The van der Waals surface area contributed by atoms with Gasteiger partial charge in [0.2, 0.25) is 0 Å². The summed E-state index contributed by atoms with van der Waals surface area (Å²) < 4.78 is 36.1. The maximum atomic E-state index is 13.4. The molecule has 0 fully saturated rings. The van der Waals surface area contributed by atoms with E-state index < -0.39 is 10.0 Å². The summed E-state index contributed by atoms with van der Waals surface area (Å²) in [6.45, 7) is 13.2. The molecular weight excluding hydrogens is 454 g/mol. The van der Waals surface area contributed by atoms with Crippen molar-refractivity contribution < 1.29 is 12.8 Å². The van der Waals surface area contributed by atoms with Crippen molar-refractivity contribution in [1.29, 1.82) is 0 Å². The molecule has 1 unspecified atom stereocenters. The monoisotopic (exact) mass is 489 g/mol. The Balaban J connectivity index is 1.61. The lowest BCUT2D eigenvalue weighted by atomic mass is 9.71. The molecule has 0 radical (unpaired) electrons. The zero-order chi connectivity index (χ0) is 25.2. The Kier molecular flexibility index (Phi) is 5.55. The molecule has 1 aliphatic carbocycles. The topological polar surface area (TPSA) is 59.3 Å². The summed E-state index contributed by atoms with van der Waals surface area (Å²) in [6, 6.07) is 17.0. The summed E-state index contributed by atoms with van der Waals surface area (Å²) in [6.07, 6.45) is 2.98. The first-order valence-electron chi connectivity index (χ1n) is 12.4. The van der Waals surface area contributed by atoms with Crippen molar-refractivity contribution in [2.24, 2.45) is 11.3 Å². The van der Waals surface area contributed by atoms with Crippen LogP contribution in [0.3, 0.4) is 0 Å². The van der Waals surface area contributed by atoms with Gasteiger partial charge in [0.1, 0.15) is 11.3 Å². The molecule has 5 rings (SSSR count). The quantitative estimate of drug-likeness (QED) is 0.319. The normalized spacial score (nSPS) is 17.0. The maximum absolute atomic E-state index is 13.4. The third-order valence-corrected chi connectivity index (χ3v) is 8.93. The Morgan fingerprint density at radius 2 is 1.54 bits per heavy atom. The van der Waals surface area contributed by atoms with Gasteiger partial charge in [-0.05, 0) is 53.4 Å². The molecule has 1 aromatic heterocycles. The molecule has 1 aliphatic rings. The highest BCUT2D eigenvalue weighted by Crippen LogP contribution is 2.44. The third kappa shape index (κ3) is 4.35. The van der Waals surface area contributed by atoms with Crippen LogP contribution in [0.1, 0.15) is 64.9 Å². The smallest absolute Gasteiger partial charge is 0.261 e. The van der Waals surface area contributed by atoms with Gasteiger partial charge in [-0.2, -0.15) is 0 Å². The molecule has 4 nitrogen and oxygen atoms in total. The number of hydrogen-bond acceptors (Lipinski definition) is 3. The molecule has 1 atom stereocenters. The standard InChI is InChI=1S/C30H35NO3S/c1-29(2,3)19-11-14-21(15-12-19)35(32,33)31-26-18-25-24-17-20(30(4,5)6)13-16-27(24)34-28(25)23-10-8-7-9-22(23)26/h7-12,14-15,18,20,31H,13,16-17H2,1-6H3. The van der Waals surface area contributed by atoms with Crippen LogP contribution in [0.25, 0.3) is 21.7 Å². The molecule has 5 heteroatoms. The van der Waals surface area contributed by atoms with Crippen LogP contribution in [0.15, 0.2) is 63.9 Å². The summed E-state index contributed by atoms with van der Waals surface area (Å²) >= 11 is 0. The summed E-state index contributed by atoms with van der Waals surface area (Å²) in [5, 5.41) is 2.80. The Hall–Kier alpha value is -2.79. The van der Waals surface area contributed by atoms with Crippen LogP contribution < -0.4 is 4.72 Å². The third-order valence-electron chi connectivity index (χ3n) is 7.55. The number of furan rings is 1. The highest BCUT2D eigenvalue weighted by molar-refractivity contribution is 7.92. The summed E-state index contributed by atoms with van der Waals surface area (Å²) in [4.78, 5) is 0.261. The molecule has 0 saturated heterocycles. The zero-order valence-corrected chi connectivity index (χ0v) is 22.3. The fourth-order valence-electron chi connectivity index (χ4n) is 5.26. The van der Waals surface area contributed by atoms with Gasteiger partial charge < -0.3 is 4.42 Å². The van der Waals surface area contributed by atoms with Crippen molar-refractivity contribution >= 4 is 37.5 Å². The number of aryl methyl sites for hydroxylation is 1. The Labute approximate surface area is 208 Å². The SMILES string of the molecule is CC(C)(C)c1ccc(S(=O)(=O)Nc2cc3c4c(oc3c3ccccc23)CCC(C(C)(C)C)C4)cc1. The van der Waals surface area contributed by atoms with Gasteiger partial charge in [0.15, 0.2) is 0 Å². The minimum Gasteiger partial charge on any atom is -0.460 e. The van der Waals surface area contributed by atoms with Gasteiger partial charge in [0, 0.05) is 28.1 Å². The van der Waals surface area contributed by atoms with Crippen molar-refractivity contribution in [3.63, 3.8) is 0 Å². The van der Waals surface area contributed by atoms with Gasteiger partial charge in [-0.1, -0.05) is 77.9 Å². The van der Waals surface area contributed by atoms with E-state index in [0.717, 1.165) is 52.3 Å². The molecule has 0 saturated carbocycles. The van der Waals surface area contributed by atoms with Crippen LogP contribution in [0.4, 0.5) is 5.69 Å². The molecule has 0 spiro atoms. The second-order valence-electron chi connectivity index (χ2n) is 12.0. The van der Waals surface area contributed by atoms with Gasteiger partial charge in [-0.15, -0.1) is 0 Å². The molecule has 4 aromatic rings. The predicted molar refractivity (Wildman–Crippen MR) is 145 cm³/mol. The minimum atomic E-state index is -3.75. The number of hydrogen-bond donors (Lipinski definition) is 1. The van der Waals surface area contributed by atoms with Gasteiger partial charge in [-0.25, -0.2) is 8.42 Å². The molecule has 35 heavy (non-hydrogen) atoms. The number of sulfonamides is 1. The first kappa shape index (κ1) is 23.9. The Morgan fingerprint density at radius 1 is 0.886 bits per heavy atom. The van der Waals surface area contributed by atoms with Crippen LogP contribution in [-0.2, 0) is 28.3 Å². The van der Waals surface area contributed by atoms with Crippen LogP contribution in [0, 0.1) is 11.3 Å². The van der Waals surface area contributed by atoms with E-state index in [1.807, 2.05) is 42.5 Å². The van der Waals surface area contributed by atoms with Crippen molar-refractivity contribution in [3.05, 3.63) is 71.5 Å². The molecule has 0 aliphatic heterocycles. The van der Waals surface area contributed by atoms with E-state index in [9.17, 15) is 8.42 Å². The molecule has 0 amide bonds. The number of rotatable bonds is 3. The van der Waals surface area contributed by atoms with E-state index in [1.165, 1.54) is 5.56 Å². The maximum Gasteiger partial charge on any atom is 0.261 e. The summed E-state index contributed by atoms with van der Waals surface area (Å²) in [5.74, 6) is 1.60. The number of anilines is 1. The van der Waals surface area contributed by atoms with Gasteiger partial charge in [0.25, 0.3) is 10.0 Å². The average molecular weight is 490 g/mol. The highest BCUT2D eigenvalue weighted by atomic mass is 32.2. The van der Waals surface area contributed by atoms with E-state index in [1.54, 1.807) is 12.1 Å². The molecular formula is C30H35NO3S. The van der Waals surface area contributed by atoms with Crippen LogP contribution in [-0.4, -0.2) is 8.42 Å². The van der Waals surface area contributed by atoms with E-state index in [4.69, 9.17) is 4.42 Å². The molecule has 184 valence electrons. The second-order valence-corrected chi connectivity index (χ2v) is 13.7. The molecule has 1 heterocycles. The number of nitrogens with one attached hydrogen (secondary N) is 1. The highest BCUT2D eigenvalue weighted by Gasteiger charge is 2.32. The molecule has 1 N–H and O–H groups in total. The predicted octanol–water partition coefficient (Wildman–Crippen LogP) is 7.84. The Bertz CT molecular complexity index is 1510. The lowest BCUT2D eigenvalue weighted by Gasteiger charge is -2.33. The fourth-order valence-corrected chi connectivity index (χ4v) is 6.33. The molecule has 3 aromatic carbocycles. The first-order valence-corrected chi connectivity index (χ1v) is 13.9. The van der Waals surface area contributed by atoms with Gasteiger partial charge >= 0.3 is 0 Å². The van der Waals surface area contributed by atoms with Crippen LogP contribution in [0.5, 0.6) is 0 Å². The van der Waals surface area contributed by atoms with E-state index in [0.29, 0.717) is 11.6 Å². The molecule has 0 bridgehead atoms. The Morgan fingerprint density at radius 3 is 2.17 bits per heavy atom.